The molecule has 0 aromatic heterocycles. The summed E-state index contributed by atoms with van der Waals surface area (Å²) in [6.07, 6.45) is 17.1. The van der Waals surface area contributed by atoms with E-state index in [-0.39, 0.29) is 0 Å². The average molecular weight is 495 g/mol. The molecule has 0 spiro atoms. The first kappa shape index (κ1) is 29.9. The quantitative estimate of drug-likeness (QED) is 0.127. The van der Waals surface area contributed by atoms with Gasteiger partial charge in [-0.05, 0) is 78.0 Å². The van der Waals surface area contributed by atoms with Crippen molar-refractivity contribution < 1.29 is 14.6 Å². The molecule has 0 bridgehead atoms. The second kappa shape index (κ2) is 17.2. The van der Waals surface area contributed by atoms with Crippen molar-refractivity contribution in [3.05, 3.63) is 52.6 Å². The third-order valence-corrected chi connectivity index (χ3v) is 7.23. The highest BCUT2D eigenvalue weighted by atomic mass is 16.7. The predicted molar refractivity (Wildman–Crippen MR) is 153 cm³/mol. The van der Waals surface area contributed by atoms with E-state index in [1.54, 1.807) is 0 Å². The third-order valence-electron chi connectivity index (χ3n) is 7.23. The van der Waals surface area contributed by atoms with Gasteiger partial charge in [-0.25, -0.2) is 4.79 Å². The Kier molecular flexibility index (Phi) is 14.3. The minimum atomic E-state index is -1.22. The summed E-state index contributed by atoms with van der Waals surface area (Å²) in [4.78, 5) is 11.6. The maximum absolute atomic E-state index is 11.6. The summed E-state index contributed by atoms with van der Waals surface area (Å²) in [7, 11) is 0. The molecular weight excluding hydrogens is 444 g/mol. The summed E-state index contributed by atoms with van der Waals surface area (Å²) in [5, 5.41) is 9.47. The van der Waals surface area contributed by atoms with E-state index in [0.29, 0.717) is 5.75 Å². The molecule has 0 saturated carbocycles. The van der Waals surface area contributed by atoms with Crippen molar-refractivity contribution in [2.45, 2.75) is 130 Å². The smallest absolute Gasteiger partial charge is 0.449 e. The highest BCUT2D eigenvalue weighted by molar-refractivity contribution is 5.75. The SMILES string of the molecule is CCCCCCCc1c(OC(=O)O)ccc(-c2cccc(CCC)c2CCC)c1CCCCCCC. The van der Waals surface area contributed by atoms with Crippen LogP contribution >= 0.6 is 0 Å². The Morgan fingerprint density at radius 2 is 1.19 bits per heavy atom. The molecule has 0 unspecified atom stereocenters. The number of rotatable bonds is 18. The molecule has 0 aliphatic carbocycles. The van der Waals surface area contributed by atoms with Crippen LogP contribution in [0.15, 0.2) is 30.3 Å². The summed E-state index contributed by atoms with van der Waals surface area (Å²) >= 11 is 0. The maximum atomic E-state index is 11.6. The molecule has 0 atom stereocenters. The minimum Gasteiger partial charge on any atom is -0.449 e. The zero-order chi connectivity index (χ0) is 26.2. The minimum absolute atomic E-state index is 0.534. The van der Waals surface area contributed by atoms with Crippen LogP contribution < -0.4 is 4.74 Å². The van der Waals surface area contributed by atoms with Crippen molar-refractivity contribution in [1.29, 1.82) is 0 Å². The van der Waals surface area contributed by atoms with Gasteiger partial charge in [-0.3, -0.25) is 0 Å². The molecule has 3 nitrogen and oxygen atoms in total. The first-order valence-corrected chi connectivity index (χ1v) is 14.7. The first-order chi connectivity index (χ1) is 17.6. The van der Waals surface area contributed by atoms with Gasteiger partial charge in [0.05, 0.1) is 0 Å². The number of ether oxygens (including phenoxy) is 1. The largest absolute Gasteiger partial charge is 0.511 e. The summed E-state index contributed by atoms with van der Waals surface area (Å²) in [6, 6.07) is 10.8. The number of carboxylic acid groups (broad SMARTS) is 1. The molecule has 0 saturated heterocycles. The lowest BCUT2D eigenvalue weighted by Crippen LogP contribution is -2.09. The molecule has 0 aliphatic rings. The zero-order valence-corrected chi connectivity index (χ0v) is 23.5. The Bertz CT molecular complexity index is 915. The summed E-state index contributed by atoms with van der Waals surface area (Å²) in [5.41, 5.74) is 7.97. The van der Waals surface area contributed by atoms with Crippen LogP contribution in [0.4, 0.5) is 4.79 Å². The van der Waals surface area contributed by atoms with Crippen LogP contribution in [-0.2, 0) is 25.7 Å². The molecule has 2 rings (SSSR count). The molecule has 1 N–H and O–H groups in total. The predicted octanol–water partition coefficient (Wildman–Crippen LogP) is 10.3. The third kappa shape index (κ3) is 9.30. The lowest BCUT2D eigenvalue weighted by atomic mass is 9.84. The fourth-order valence-electron chi connectivity index (χ4n) is 5.42. The molecule has 0 amide bonds. The number of hydrogen-bond acceptors (Lipinski definition) is 2. The normalized spacial score (nSPS) is 11.1. The molecule has 2 aromatic carbocycles. The van der Waals surface area contributed by atoms with Crippen LogP contribution in [0.5, 0.6) is 5.75 Å². The number of carbonyl (C=O) groups is 1. The summed E-state index contributed by atoms with van der Waals surface area (Å²) in [6.45, 7) is 8.99. The zero-order valence-electron chi connectivity index (χ0n) is 23.5. The molecule has 0 heterocycles. The van der Waals surface area contributed by atoms with Crippen LogP contribution in [0, 0.1) is 0 Å². The van der Waals surface area contributed by atoms with Gasteiger partial charge in [0.2, 0.25) is 0 Å². The van der Waals surface area contributed by atoms with Crippen LogP contribution in [0.3, 0.4) is 0 Å². The highest BCUT2D eigenvalue weighted by Crippen LogP contribution is 2.38. The maximum Gasteiger partial charge on any atom is 0.511 e. The summed E-state index contributed by atoms with van der Waals surface area (Å²) in [5.74, 6) is 0.534. The molecule has 200 valence electrons. The van der Waals surface area contributed by atoms with Crippen LogP contribution in [-0.4, -0.2) is 11.3 Å². The first-order valence-electron chi connectivity index (χ1n) is 14.7. The van der Waals surface area contributed by atoms with E-state index in [2.05, 4.69) is 52.0 Å². The van der Waals surface area contributed by atoms with Crippen molar-refractivity contribution in [3.8, 4) is 16.9 Å². The lowest BCUT2D eigenvalue weighted by molar-refractivity contribution is 0.144. The van der Waals surface area contributed by atoms with Gasteiger partial charge in [-0.1, -0.05) is 116 Å². The van der Waals surface area contributed by atoms with Gasteiger partial charge < -0.3 is 9.84 Å². The van der Waals surface area contributed by atoms with E-state index in [4.69, 9.17) is 4.74 Å². The molecule has 0 fully saturated rings. The van der Waals surface area contributed by atoms with Crippen molar-refractivity contribution in [1.82, 2.24) is 0 Å². The van der Waals surface area contributed by atoms with Gasteiger partial charge in [0.15, 0.2) is 0 Å². The van der Waals surface area contributed by atoms with Crippen LogP contribution in [0.1, 0.15) is 127 Å². The van der Waals surface area contributed by atoms with Gasteiger partial charge >= 0.3 is 6.16 Å². The van der Waals surface area contributed by atoms with Gasteiger partial charge in [-0.2, -0.15) is 0 Å². The monoisotopic (exact) mass is 494 g/mol. The van der Waals surface area contributed by atoms with Crippen LogP contribution in [0.2, 0.25) is 0 Å². The summed E-state index contributed by atoms with van der Waals surface area (Å²) < 4.78 is 5.36. The number of benzene rings is 2. The van der Waals surface area contributed by atoms with Crippen molar-refractivity contribution in [2.24, 2.45) is 0 Å². The van der Waals surface area contributed by atoms with Gasteiger partial charge in [-0.15, -0.1) is 0 Å². The standard InChI is InChI=1S/C33H50O3/c1-5-9-11-13-15-21-29-30(28-23-17-20-26(18-7-3)27(28)19-8-4)24-25-32(36-33(34)35)31(29)22-16-14-12-10-6-2/h17,20,23-25H,5-16,18-19,21-22H2,1-4H3,(H,34,35). The number of unbranched alkanes of at least 4 members (excludes halogenated alkanes) is 8. The lowest BCUT2D eigenvalue weighted by Gasteiger charge is -2.22. The Hall–Kier alpha value is -2.29. The van der Waals surface area contributed by atoms with Gasteiger partial charge in [0, 0.05) is 0 Å². The van der Waals surface area contributed by atoms with E-state index < -0.39 is 6.16 Å². The van der Waals surface area contributed by atoms with E-state index >= 15 is 0 Å². The van der Waals surface area contributed by atoms with E-state index in [0.717, 1.165) is 56.9 Å². The van der Waals surface area contributed by atoms with Crippen LogP contribution in [0.25, 0.3) is 11.1 Å². The Labute approximate surface area is 220 Å². The number of aryl methyl sites for hydroxylation is 1. The number of hydrogen-bond donors (Lipinski definition) is 1. The molecule has 36 heavy (non-hydrogen) atoms. The van der Waals surface area contributed by atoms with Crippen molar-refractivity contribution in [2.75, 3.05) is 0 Å². The Balaban J connectivity index is 2.57. The average Bonchev–Trinajstić information content (AvgIpc) is 2.86. The van der Waals surface area contributed by atoms with Crippen molar-refractivity contribution in [3.63, 3.8) is 0 Å². The van der Waals surface area contributed by atoms with Crippen molar-refractivity contribution >= 4 is 6.16 Å². The van der Waals surface area contributed by atoms with E-state index in [1.807, 2.05) is 6.07 Å². The molecule has 3 heteroatoms. The topological polar surface area (TPSA) is 46.5 Å². The van der Waals surface area contributed by atoms with E-state index in [1.165, 1.54) is 79.2 Å². The molecule has 2 aromatic rings. The fraction of sp³-hybridized carbons (Fsp3) is 0.606. The molecule has 0 radical (unpaired) electrons. The second-order valence-electron chi connectivity index (χ2n) is 10.2. The van der Waals surface area contributed by atoms with E-state index in [9.17, 15) is 9.90 Å². The Morgan fingerprint density at radius 1 is 0.611 bits per heavy atom. The fourth-order valence-corrected chi connectivity index (χ4v) is 5.42. The molecular formula is C33H50O3. The van der Waals surface area contributed by atoms with Gasteiger partial charge in [0.25, 0.3) is 0 Å². The highest BCUT2D eigenvalue weighted by Gasteiger charge is 2.20. The second-order valence-corrected chi connectivity index (χ2v) is 10.2. The molecule has 0 aliphatic heterocycles. The van der Waals surface area contributed by atoms with Gasteiger partial charge in [0.1, 0.15) is 5.75 Å². The Morgan fingerprint density at radius 3 is 1.78 bits per heavy atom.